The highest BCUT2D eigenvalue weighted by atomic mass is 16.5. The van der Waals surface area contributed by atoms with Gasteiger partial charge in [-0.2, -0.15) is 0 Å². The number of rotatable bonds is 4. The van der Waals surface area contributed by atoms with Crippen LogP contribution in [0, 0.1) is 0 Å². The zero-order chi connectivity index (χ0) is 13.1. The van der Waals surface area contributed by atoms with E-state index in [4.69, 9.17) is 9.84 Å². The summed E-state index contributed by atoms with van der Waals surface area (Å²) in [5.74, 6) is 0.834. The van der Waals surface area contributed by atoms with Gasteiger partial charge in [0.15, 0.2) is 0 Å². The summed E-state index contributed by atoms with van der Waals surface area (Å²) >= 11 is 0. The number of likely N-dealkylation sites (N-methyl/N-ethyl adjacent to an activating group) is 1. The third kappa shape index (κ3) is 2.36. The third-order valence-electron chi connectivity index (χ3n) is 3.61. The Balaban J connectivity index is 2.25. The number of nitrogens with zero attached hydrogens (tertiary/aromatic N) is 1. The first-order chi connectivity index (χ1) is 8.69. The lowest BCUT2D eigenvalue weighted by Crippen LogP contribution is -2.45. The highest BCUT2D eigenvalue weighted by Crippen LogP contribution is 2.36. The molecule has 2 rings (SSSR count). The molecule has 18 heavy (non-hydrogen) atoms. The maximum atomic E-state index is 10.4. The van der Waals surface area contributed by atoms with Gasteiger partial charge in [0.1, 0.15) is 18.5 Å². The molecule has 1 heterocycles. The van der Waals surface area contributed by atoms with E-state index in [-0.39, 0.29) is 12.6 Å². The Morgan fingerprint density at radius 2 is 2.22 bits per heavy atom. The van der Waals surface area contributed by atoms with Crippen molar-refractivity contribution in [3.8, 4) is 5.75 Å². The highest BCUT2D eigenvalue weighted by molar-refractivity contribution is 5.44. The Morgan fingerprint density at radius 1 is 1.44 bits per heavy atom. The average Bonchev–Trinajstić information content (AvgIpc) is 2.39. The summed E-state index contributed by atoms with van der Waals surface area (Å²) in [6.45, 7) is 3.16. The summed E-state index contributed by atoms with van der Waals surface area (Å²) in [4.78, 5) is 1.94. The van der Waals surface area contributed by atoms with Crippen LogP contribution in [0.4, 0.5) is 0 Å². The topological polar surface area (TPSA) is 52.9 Å². The predicted molar refractivity (Wildman–Crippen MR) is 69.8 cm³/mol. The number of fused-ring (bicyclic) bond motifs is 1. The molecular weight excluding hydrogens is 230 g/mol. The minimum Gasteiger partial charge on any atom is -0.491 e. The predicted octanol–water partition coefficient (Wildman–Crippen LogP) is 0.967. The van der Waals surface area contributed by atoms with Crippen LogP contribution in [0.15, 0.2) is 18.2 Å². The second-order valence-corrected chi connectivity index (χ2v) is 4.72. The SMILES string of the molecule is CCc1cccc2c1OCC(N(C)CCO)C2O. The van der Waals surface area contributed by atoms with Crippen molar-refractivity contribution in [1.82, 2.24) is 4.90 Å². The van der Waals surface area contributed by atoms with Gasteiger partial charge in [-0.25, -0.2) is 0 Å². The van der Waals surface area contributed by atoms with Gasteiger partial charge < -0.3 is 14.9 Å². The second kappa shape index (κ2) is 5.69. The third-order valence-corrected chi connectivity index (χ3v) is 3.61. The number of benzene rings is 1. The van der Waals surface area contributed by atoms with Crippen LogP contribution < -0.4 is 4.74 Å². The van der Waals surface area contributed by atoms with Crippen LogP contribution in [0.5, 0.6) is 5.75 Å². The fourth-order valence-electron chi connectivity index (χ4n) is 2.45. The number of para-hydroxylation sites is 1. The molecule has 2 N–H and O–H groups in total. The van der Waals surface area contributed by atoms with Gasteiger partial charge in [-0.1, -0.05) is 25.1 Å². The molecule has 4 heteroatoms. The molecule has 0 saturated carbocycles. The van der Waals surface area contributed by atoms with Crippen molar-refractivity contribution in [2.45, 2.75) is 25.5 Å². The molecule has 1 aromatic rings. The number of hydrogen-bond acceptors (Lipinski definition) is 4. The van der Waals surface area contributed by atoms with Crippen LogP contribution in [0.1, 0.15) is 24.2 Å². The molecule has 0 radical (unpaired) electrons. The number of aryl methyl sites for hydroxylation is 1. The maximum absolute atomic E-state index is 10.4. The summed E-state index contributed by atoms with van der Waals surface area (Å²) in [7, 11) is 1.89. The lowest BCUT2D eigenvalue weighted by molar-refractivity contribution is 0.00911. The summed E-state index contributed by atoms with van der Waals surface area (Å²) in [6, 6.07) is 5.80. The normalized spacial score (nSPS) is 22.7. The van der Waals surface area contributed by atoms with Crippen LogP contribution in [-0.2, 0) is 6.42 Å². The molecule has 1 aliphatic heterocycles. The Hall–Kier alpha value is -1.10. The molecule has 4 nitrogen and oxygen atoms in total. The fourth-order valence-corrected chi connectivity index (χ4v) is 2.45. The zero-order valence-corrected chi connectivity index (χ0v) is 11.0. The van der Waals surface area contributed by atoms with Crippen molar-refractivity contribution in [3.05, 3.63) is 29.3 Å². The van der Waals surface area contributed by atoms with E-state index in [1.807, 2.05) is 30.1 Å². The summed E-state index contributed by atoms with van der Waals surface area (Å²) in [6.07, 6.45) is 0.337. The molecule has 0 spiro atoms. The molecule has 0 bridgehead atoms. The minimum atomic E-state index is -0.559. The Bertz CT molecular complexity index is 408. The molecule has 0 saturated heterocycles. The molecule has 0 fully saturated rings. The molecule has 100 valence electrons. The maximum Gasteiger partial charge on any atom is 0.128 e. The number of ether oxygens (including phenoxy) is 1. The minimum absolute atomic E-state index is 0.0849. The molecule has 2 unspecified atom stereocenters. The van der Waals surface area contributed by atoms with E-state index in [0.29, 0.717) is 13.2 Å². The molecule has 1 aromatic carbocycles. The van der Waals surface area contributed by atoms with Gasteiger partial charge in [0.2, 0.25) is 0 Å². The van der Waals surface area contributed by atoms with Crippen molar-refractivity contribution in [2.24, 2.45) is 0 Å². The van der Waals surface area contributed by atoms with Gasteiger partial charge >= 0.3 is 0 Å². The second-order valence-electron chi connectivity index (χ2n) is 4.72. The van der Waals surface area contributed by atoms with E-state index >= 15 is 0 Å². The lowest BCUT2D eigenvalue weighted by Gasteiger charge is -2.36. The van der Waals surface area contributed by atoms with Crippen LogP contribution >= 0.6 is 0 Å². The number of aliphatic hydroxyl groups excluding tert-OH is 2. The summed E-state index contributed by atoms with van der Waals surface area (Å²) < 4.78 is 5.81. The molecular formula is C14H21NO3. The van der Waals surface area contributed by atoms with Crippen molar-refractivity contribution in [2.75, 3.05) is 26.8 Å². The van der Waals surface area contributed by atoms with Crippen molar-refractivity contribution >= 4 is 0 Å². The van der Waals surface area contributed by atoms with E-state index in [0.717, 1.165) is 23.3 Å². The Morgan fingerprint density at radius 3 is 2.89 bits per heavy atom. The van der Waals surface area contributed by atoms with Crippen LogP contribution in [-0.4, -0.2) is 48.0 Å². The van der Waals surface area contributed by atoms with Crippen molar-refractivity contribution < 1.29 is 14.9 Å². The summed E-state index contributed by atoms with van der Waals surface area (Å²) in [5.41, 5.74) is 1.99. The zero-order valence-electron chi connectivity index (χ0n) is 11.0. The standard InChI is InChI=1S/C14H21NO3/c1-3-10-5-4-6-11-13(17)12(9-18-14(10)11)15(2)7-8-16/h4-6,12-13,16-17H,3,7-9H2,1-2H3. The number of hydrogen-bond donors (Lipinski definition) is 2. The molecule has 1 aliphatic rings. The lowest BCUT2D eigenvalue weighted by atomic mass is 9.95. The summed E-state index contributed by atoms with van der Waals surface area (Å²) in [5, 5.41) is 19.4. The van der Waals surface area contributed by atoms with Crippen LogP contribution in [0.3, 0.4) is 0 Å². The van der Waals surface area contributed by atoms with E-state index < -0.39 is 6.10 Å². The molecule has 0 amide bonds. The quantitative estimate of drug-likeness (QED) is 0.837. The van der Waals surface area contributed by atoms with Crippen LogP contribution in [0.2, 0.25) is 0 Å². The first-order valence-electron chi connectivity index (χ1n) is 6.42. The highest BCUT2D eigenvalue weighted by Gasteiger charge is 2.32. The first-order valence-corrected chi connectivity index (χ1v) is 6.42. The van der Waals surface area contributed by atoms with Gasteiger partial charge in [0, 0.05) is 12.1 Å². The number of aliphatic hydroxyl groups is 2. The molecule has 0 aromatic heterocycles. The Kier molecular flexibility index (Phi) is 4.22. The Labute approximate surface area is 108 Å². The fraction of sp³-hybridized carbons (Fsp3) is 0.571. The average molecular weight is 251 g/mol. The van der Waals surface area contributed by atoms with E-state index in [9.17, 15) is 5.11 Å². The van der Waals surface area contributed by atoms with Gasteiger partial charge in [-0.15, -0.1) is 0 Å². The van der Waals surface area contributed by atoms with Gasteiger partial charge in [-0.3, -0.25) is 4.90 Å². The largest absolute Gasteiger partial charge is 0.491 e. The van der Waals surface area contributed by atoms with E-state index in [1.165, 1.54) is 0 Å². The smallest absolute Gasteiger partial charge is 0.128 e. The van der Waals surface area contributed by atoms with Gasteiger partial charge in [0.25, 0.3) is 0 Å². The van der Waals surface area contributed by atoms with Gasteiger partial charge in [-0.05, 0) is 19.0 Å². The van der Waals surface area contributed by atoms with Gasteiger partial charge in [0.05, 0.1) is 12.6 Å². The monoisotopic (exact) mass is 251 g/mol. The first kappa shape index (κ1) is 13.3. The molecule has 0 aliphatic carbocycles. The van der Waals surface area contributed by atoms with Crippen LogP contribution in [0.25, 0.3) is 0 Å². The van der Waals surface area contributed by atoms with Crippen molar-refractivity contribution in [3.63, 3.8) is 0 Å². The van der Waals surface area contributed by atoms with Crippen molar-refractivity contribution in [1.29, 1.82) is 0 Å². The van der Waals surface area contributed by atoms with E-state index in [2.05, 4.69) is 6.92 Å². The molecule has 2 atom stereocenters. The van der Waals surface area contributed by atoms with E-state index in [1.54, 1.807) is 0 Å².